The van der Waals surface area contributed by atoms with Gasteiger partial charge in [0.1, 0.15) is 12.4 Å². The quantitative estimate of drug-likeness (QED) is 0.610. The highest BCUT2D eigenvalue weighted by atomic mass is 16.5. The Kier molecular flexibility index (Phi) is 6.15. The topological polar surface area (TPSA) is 76.8 Å². The molecule has 154 valence electrons. The number of nitrogens with one attached hydrogen (secondary N) is 1. The molecule has 0 spiro atoms. The van der Waals surface area contributed by atoms with E-state index >= 15 is 0 Å². The minimum absolute atomic E-state index is 0.210. The van der Waals surface area contributed by atoms with Crippen molar-refractivity contribution >= 4 is 23.0 Å². The van der Waals surface area contributed by atoms with Crippen LogP contribution in [-0.2, 0) is 11.3 Å². The number of nitrogens with two attached hydrogens (primary N) is 1. The van der Waals surface area contributed by atoms with E-state index < -0.39 is 0 Å². The molecule has 3 aromatic carbocycles. The number of benzene rings is 3. The molecule has 6 nitrogen and oxygen atoms in total. The summed E-state index contributed by atoms with van der Waals surface area (Å²) in [5.74, 6) is 0.437. The van der Waals surface area contributed by atoms with Crippen molar-refractivity contribution < 1.29 is 14.3 Å². The Labute approximate surface area is 176 Å². The number of anilines is 3. The Morgan fingerprint density at radius 2 is 1.80 bits per heavy atom. The van der Waals surface area contributed by atoms with Gasteiger partial charge in [-0.2, -0.15) is 0 Å². The normalized spacial score (nSPS) is 13.7. The van der Waals surface area contributed by atoms with E-state index in [1.165, 1.54) is 0 Å². The van der Waals surface area contributed by atoms with Crippen LogP contribution in [-0.4, -0.2) is 32.2 Å². The van der Waals surface area contributed by atoms with Crippen molar-refractivity contribution in [1.82, 2.24) is 0 Å². The third kappa shape index (κ3) is 4.90. The van der Waals surface area contributed by atoms with E-state index in [-0.39, 0.29) is 5.91 Å². The zero-order chi connectivity index (χ0) is 20.8. The van der Waals surface area contributed by atoms with Crippen molar-refractivity contribution in [3.8, 4) is 5.75 Å². The summed E-state index contributed by atoms with van der Waals surface area (Å²) >= 11 is 0. The van der Waals surface area contributed by atoms with E-state index in [2.05, 4.69) is 10.2 Å². The number of hydrogen-bond acceptors (Lipinski definition) is 5. The van der Waals surface area contributed by atoms with Gasteiger partial charge in [0, 0.05) is 24.3 Å². The van der Waals surface area contributed by atoms with Gasteiger partial charge in [-0.25, -0.2) is 0 Å². The molecule has 0 saturated carbocycles. The number of carbonyl (C=O) groups is 1. The molecule has 1 saturated heterocycles. The zero-order valence-corrected chi connectivity index (χ0v) is 16.7. The van der Waals surface area contributed by atoms with Gasteiger partial charge in [-0.05, 0) is 42.0 Å². The van der Waals surface area contributed by atoms with Crippen LogP contribution in [0.2, 0.25) is 0 Å². The molecular formula is C24H25N3O3. The first-order valence-corrected chi connectivity index (χ1v) is 9.99. The Bertz CT molecular complexity index is 1000. The van der Waals surface area contributed by atoms with Gasteiger partial charge < -0.3 is 25.4 Å². The van der Waals surface area contributed by atoms with Gasteiger partial charge in [0.15, 0.2) is 0 Å². The molecule has 1 aliphatic heterocycles. The fourth-order valence-electron chi connectivity index (χ4n) is 3.40. The van der Waals surface area contributed by atoms with E-state index in [1.807, 2.05) is 54.6 Å². The summed E-state index contributed by atoms with van der Waals surface area (Å²) in [4.78, 5) is 14.9. The second-order valence-electron chi connectivity index (χ2n) is 7.13. The molecule has 0 aliphatic carbocycles. The van der Waals surface area contributed by atoms with E-state index in [0.717, 1.165) is 24.3 Å². The van der Waals surface area contributed by atoms with Gasteiger partial charge in [0.05, 0.1) is 24.6 Å². The largest absolute Gasteiger partial charge is 0.489 e. The molecule has 0 aromatic heterocycles. The summed E-state index contributed by atoms with van der Waals surface area (Å²) < 4.78 is 11.2. The van der Waals surface area contributed by atoms with Crippen molar-refractivity contribution in [1.29, 1.82) is 0 Å². The monoisotopic (exact) mass is 403 g/mol. The molecule has 1 heterocycles. The summed E-state index contributed by atoms with van der Waals surface area (Å²) in [7, 11) is 0. The minimum Gasteiger partial charge on any atom is -0.489 e. The summed E-state index contributed by atoms with van der Waals surface area (Å²) in [5.41, 5.74) is 10.1. The van der Waals surface area contributed by atoms with Crippen LogP contribution in [0.5, 0.6) is 5.75 Å². The molecule has 4 rings (SSSR count). The van der Waals surface area contributed by atoms with Crippen molar-refractivity contribution in [2.45, 2.75) is 6.61 Å². The minimum atomic E-state index is -0.210. The molecule has 6 heteroatoms. The molecule has 30 heavy (non-hydrogen) atoms. The molecule has 1 fully saturated rings. The first kappa shape index (κ1) is 19.8. The standard InChI is InChI=1S/C24H25N3O3/c25-22-16-20(9-10-23(22)27-11-13-29-14-12-27)26-24(28)19-7-4-8-21(15-19)30-17-18-5-2-1-3-6-18/h1-10,15-16H,11-14,17,25H2,(H,26,28). The summed E-state index contributed by atoms with van der Waals surface area (Å²) in [6, 6.07) is 22.7. The number of ether oxygens (including phenoxy) is 2. The van der Waals surface area contributed by atoms with Gasteiger partial charge in [-0.3, -0.25) is 4.79 Å². The van der Waals surface area contributed by atoms with Gasteiger partial charge >= 0.3 is 0 Å². The third-order valence-corrected chi connectivity index (χ3v) is 4.98. The Morgan fingerprint density at radius 1 is 1.00 bits per heavy atom. The Balaban J connectivity index is 1.40. The molecule has 3 N–H and O–H groups in total. The van der Waals surface area contributed by atoms with Crippen LogP contribution in [0.4, 0.5) is 17.1 Å². The van der Waals surface area contributed by atoms with Crippen LogP contribution in [0, 0.1) is 0 Å². The van der Waals surface area contributed by atoms with E-state index in [9.17, 15) is 4.79 Å². The van der Waals surface area contributed by atoms with Crippen LogP contribution in [0.25, 0.3) is 0 Å². The summed E-state index contributed by atoms with van der Waals surface area (Å²) in [6.45, 7) is 3.46. The molecule has 0 bridgehead atoms. The second kappa shape index (κ2) is 9.33. The molecule has 0 atom stereocenters. The van der Waals surface area contributed by atoms with Gasteiger partial charge in [-0.1, -0.05) is 36.4 Å². The summed E-state index contributed by atoms with van der Waals surface area (Å²) in [6.07, 6.45) is 0. The maximum Gasteiger partial charge on any atom is 0.255 e. The Hall–Kier alpha value is -3.51. The van der Waals surface area contributed by atoms with Crippen molar-refractivity contribution in [2.75, 3.05) is 42.3 Å². The fourth-order valence-corrected chi connectivity index (χ4v) is 3.40. The summed E-state index contributed by atoms with van der Waals surface area (Å²) in [5, 5.41) is 2.91. The number of nitrogen functional groups attached to an aromatic ring is 1. The molecule has 0 unspecified atom stereocenters. The third-order valence-electron chi connectivity index (χ3n) is 4.98. The highest BCUT2D eigenvalue weighted by Crippen LogP contribution is 2.27. The first-order valence-electron chi connectivity index (χ1n) is 9.99. The molecule has 3 aromatic rings. The maximum absolute atomic E-state index is 12.7. The predicted octanol–water partition coefficient (Wildman–Crippen LogP) is 3.94. The van der Waals surface area contributed by atoms with Crippen molar-refractivity contribution in [2.24, 2.45) is 0 Å². The van der Waals surface area contributed by atoms with Gasteiger partial charge in [0.2, 0.25) is 0 Å². The number of amides is 1. The van der Waals surface area contributed by atoms with Crippen molar-refractivity contribution in [3.05, 3.63) is 83.9 Å². The average molecular weight is 403 g/mol. The lowest BCUT2D eigenvalue weighted by atomic mass is 10.1. The number of rotatable bonds is 6. The van der Waals surface area contributed by atoms with Gasteiger partial charge in [-0.15, -0.1) is 0 Å². The number of nitrogens with zero attached hydrogens (tertiary/aromatic N) is 1. The van der Waals surface area contributed by atoms with E-state index in [1.54, 1.807) is 18.2 Å². The second-order valence-corrected chi connectivity index (χ2v) is 7.13. The lowest BCUT2D eigenvalue weighted by Gasteiger charge is -2.30. The molecule has 1 aliphatic rings. The first-order chi connectivity index (χ1) is 14.7. The molecule has 0 radical (unpaired) electrons. The van der Waals surface area contributed by atoms with Crippen LogP contribution >= 0.6 is 0 Å². The SMILES string of the molecule is Nc1cc(NC(=O)c2cccc(OCc3ccccc3)c2)ccc1N1CCOCC1. The smallest absolute Gasteiger partial charge is 0.255 e. The van der Waals surface area contributed by atoms with Crippen LogP contribution in [0.1, 0.15) is 15.9 Å². The van der Waals surface area contributed by atoms with Crippen LogP contribution in [0.15, 0.2) is 72.8 Å². The average Bonchev–Trinajstić information content (AvgIpc) is 2.79. The lowest BCUT2D eigenvalue weighted by Crippen LogP contribution is -2.36. The van der Waals surface area contributed by atoms with Crippen LogP contribution < -0.4 is 20.7 Å². The highest BCUT2D eigenvalue weighted by molar-refractivity contribution is 6.04. The Morgan fingerprint density at radius 3 is 2.57 bits per heavy atom. The number of morpholine rings is 1. The highest BCUT2D eigenvalue weighted by Gasteiger charge is 2.15. The lowest BCUT2D eigenvalue weighted by molar-refractivity contribution is 0.102. The van der Waals surface area contributed by atoms with Crippen LogP contribution in [0.3, 0.4) is 0 Å². The van der Waals surface area contributed by atoms with E-state index in [4.69, 9.17) is 15.2 Å². The maximum atomic E-state index is 12.7. The number of carbonyl (C=O) groups excluding carboxylic acids is 1. The fraction of sp³-hybridized carbons (Fsp3) is 0.208. The van der Waals surface area contributed by atoms with E-state index in [0.29, 0.717) is 42.5 Å². The van der Waals surface area contributed by atoms with Gasteiger partial charge in [0.25, 0.3) is 5.91 Å². The molecular weight excluding hydrogens is 378 g/mol. The molecule has 1 amide bonds. The predicted molar refractivity (Wildman–Crippen MR) is 119 cm³/mol. The zero-order valence-electron chi connectivity index (χ0n) is 16.7. The number of hydrogen-bond donors (Lipinski definition) is 2. The van der Waals surface area contributed by atoms with Crippen molar-refractivity contribution in [3.63, 3.8) is 0 Å².